The van der Waals surface area contributed by atoms with E-state index in [-0.39, 0.29) is 10.8 Å². The van der Waals surface area contributed by atoms with E-state index in [2.05, 4.69) is 5.32 Å². The van der Waals surface area contributed by atoms with Crippen molar-refractivity contribution in [3.8, 4) is 0 Å². The Balaban J connectivity index is 2.76. The van der Waals surface area contributed by atoms with Crippen molar-refractivity contribution in [1.82, 2.24) is 0 Å². The van der Waals surface area contributed by atoms with Gasteiger partial charge in [-0.2, -0.15) is 0 Å². The Morgan fingerprint density at radius 3 is 2.71 bits per heavy atom. The summed E-state index contributed by atoms with van der Waals surface area (Å²) >= 11 is 0. The lowest BCUT2D eigenvalue weighted by Crippen LogP contribution is -2.14. The number of amides is 1. The summed E-state index contributed by atoms with van der Waals surface area (Å²) in [7, 11) is -3.73. The van der Waals surface area contributed by atoms with Crippen LogP contribution < -0.4 is 10.5 Å². The van der Waals surface area contributed by atoms with Crippen LogP contribution in [0.15, 0.2) is 29.2 Å². The number of nitrogens with one attached hydrogen (secondary N) is 1. The third-order valence-corrected chi connectivity index (χ3v) is 3.11. The molecule has 0 bridgehead atoms. The van der Waals surface area contributed by atoms with Crippen molar-refractivity contribution in [3.63, 3.8) is 0 Å². The molecule has 0 spiro atoms. The van der Waals surface area contributed by atoms with Gasteiger partial charge in [-0.1, -0.05) is 19.4 Å². The van der Waals surface area contributed by atoms with Crippen LogP contribution in [-0.2, 0) is 14.8 Å². The number of sulfonamides is 1. The number of carbonyl (C=O) groups excluding carboxylic acids is 1. The van der Waals surface area contributed by atoms with E-state index in [0.717, 1.165) is 12.8 Å². The summed E-state index contributed by atoms with van der Waals surface area (Å²) in [5.74, 6) is -0.126. The maximum absolute atomic E-state index is 11.4. The topological polar surface area (TPSA) is 89.3 Å². The first-order valence-electron chi connectivity index (χ1n) is 5.36. The Kier molecular flexibility index (Phi) is 4.65. The molecule has 5 nitrogen and oxygen atoms in total. The zero-order valence-electron chi connectivity index (χ0n) is 9.64. The largest absolute Gasteiger partial charge is 0.326 e. The van der Waals surface area contributed by atoms with Crippen molar-refractivity contribution in [1.29, 1.82) is 0 Å². The highest BCUT2D eigenvalue weighted by atomic mass is 32.2. The molecule has 0 atom stereocenters. The first kappa shape index (κ1) is 13.7. The van der Waals surface area contributed by atoms with Crippen LogP contribution in [0.25, 0.3) is 0 Å². The number of hydrogen-bond acceptors (Lipinski definition) is 3. The van der Waals surface area contributed by atoms with Gasteiger partial charge < -0.3 is 5.32 Å². The summed E-state index contributed by atoms with van der Waals surface area (Å²) < 4.78 is 22.2. The van der Waals surface area contributed by atoms with E-state index >= 15 is 0 Å². The zero-order valence-corrected chi connectivity index (χ0v) is 10.5. The second-order valence-electron chi connectivity index (χ2n) is 3.72. The minimum Gasteiger partial charge on any atom is -0.326 e. The fraction of sp³-hybridized carbons (Fsp3) is 0.364. The number of anilines is 1. The maximum Gasteiger partial charge on any atom is 0.238 e. The minimum absolute atomic E-state index is 0.00853. The third kappa shape index (κ3) is 4.54. The lowest BCUT2D eigenvalue weighted by molar-refractivity contribution is -0.116. The van der Waals surface area contributed by atoms with Crippen molar-refractivity contribution in [3.05, 3.63) is 24.3 Å². The highest BCUT2D eigenvalue weighted by molar-refractivity contribution is 7.89. The first-order valence-corrected chi connectivity index (χ1v) is 6.91. The molecule has 0 aliphatic carbocycles. The molecule has 0 unspecified atom stereocenters. The lowest BCUT2D eigenvalue weighted by atomic mass is 10.2. The second-order valence-corrected chi connectivity index (χ2v) is 5.29. The highest BCUT2D eigenvalue weighted by Gasteiger charge is 2.09. The summed E-state index contributed by atoms with van der Waals surface area (Å²) in [5, 5.41) is 7.63. The van der Waals surface area contributed by atoms with E-state index < -0.39 is 10.0 Å². The van der Waals surface area contributed by atoms with Crippen LogP contribution in [-0.4, -0.2) is 14.3 Å². The Morgan fingerprint density at radius 2 is 2.12 bits per heavy atom. The number of unbranched alkanes of at least 4 members (excludes halogenated alkanes) is 1. The maximum atomic E-state index is 11.4. The summed E-state index contributed by atoms with van der Waals surface area (Å²) in [5.41, 5.74) is 0.442. The zero-order chi connectivity index (χ0) is 12.9. The molecule has 0 radical (unpaired) electrons. The Labute approximate surface area is 101 Å². The predicted octanol–water partition coefficient (Wildman–Crippen LogP) is 1.46. The average molecular weight is 256 g/mol. The summed E-state index contributed by atoms with van der Waals surface area (Å²) in [6.07, 6.45) is 2.17. The van der Waals surface area contributed by atoms with Gasteiger partial charge in [-0.25, -0.2) is 13.6 Å². The van der Waals surface area contributed by atoms with Crippen molar-refractivity contribution >= 4 is 21.6 Å². The fourth-order valence-electron chi connectivity index (χ4n) is 1.31. The molecule has 0 fully saturated rings. The third-order valence-electron chi connectivity index (χ3n) is 2.20. The standard InChI is InChI=1S/C11H16N2O3S/c1-2-3-7-11(14)13-9-5-4-6-10(8-9)17(12,15)16/h4-6,8H,2-3,7H2,1H3,(H,13,14)(H2,12,15,16). The fourth-order valence-corrected chi connectivity index (χ4v) is 1.87. The van der Waals surface area contributed by atoms with Crippen LogP contribution in [0.4, 0.5) is 5.69 Å². The summed E-state index contributed by atoms with van der Waals surface area (Å²) in [6, 6.07) is 5.89. The van der Waals surface area contributed by atoms with Crippen LogP contribution in [0.5, 0.6) is 0 Å². The van der Waals surface area contributed by atoms with Crippen LogP contribution in [0.3, 0.4) is 0 Å². The van der Waals surface area contributed by atoms with Crippen LogP contribution in [0.1, 0.15) is 26.2 Å². The lowest BCUT2D eigenvalue weighted by Gasteiger charge is -2.06. The van der Waals surface area contributed by atoms with Crippen LogP contribution >= 0.6 is 0 Å². The Hall–Kier alpha value is -1.40. The molecule has 1 rings (SSSR count). The molecule has 0 aliphatic heterocycles. The molecule has 1 aromatic carbocycles. The van der Waals surface area contributed by atoms with Crippen molar-refractivity contribution < 1.29 is 13.2 Å². The molecule has 0 heterocycles. The molecule has 1 aromatic rings. The van der Waals surface area contributed by atoms with Gasteiger partial charge in [0.1, 0.15) is 0 Å². The molecule has 0 aliphatic rings. The number of primary sulfonamides is 1. The number of benzene rings is 1. The number of carbonyl (C=O) groups is 1. The predicted molar refractivity (Wildman–Crippen MR) is 66.0 cm³/mol. The summed E-state index contributed by atoms with van der Waals surface area (Å²) in [4.78, 5) is 11.4. The first-order chi connectivity index (χ1) is 7.93. The Morgan fingerprint density at radius 1 is 1.41 bits per heavy atom. The van der Waals surface area contributed by atoms with Gasteiger partial charge in [0, 0.05) is 12.1 Å². The molecule has 17 heavy (non-hydrogen) atoms. The molecule has 6 heteroatoms. The SMILES string of the molecule is CCCCC(=O)Nc1cccc(S(N)(=O)=O)c1. The van der Waals surface area contributed by atoms with Crippen molar-refractivity contribution in [2.24, 2.45) is 5.14 Å². The Bertz CT molecular complexity index is 497. The molecule has 1 amide bonds. The minimum atomic E-state index is -3.73. The van der Waals surface area contributed by atoms with Gasteiger partial charge in [0.25, 0.3) is 0 Å². The number of rotatable bonds is 5. The summed E-state index contributed by atoms with van der Waals surface area (Å²) in [6.45, 7) is 1.99. The van der Waals surface area contributed by atoms with Gasteiger partial charge in [-0.05, 0) is 24.6 Å². The van der Waals surface area contributed by atoms with E-state index in [1.807, 2.05) is 6.92 Å². The van der Waals surface area contributed by atoms with Crippen molar-refractivity contribution in [2.45, 2.75) is 31.1 Å². The van der Waals surface area contributed by atoms with E-state index in [0.29, 0.717) is 12.1 Å². The monoisotopic (exact) mass is 256 g/mol. The van der Waals surface area contributed by atoms with E-state index in [1.165, 1.54) is 18.2 Å². The van der Waals surface area contributed by atoms with Gasteiger partial charge in [0.05, 0.1) is 4.90 Å². The van der Waals surface area contributed by atoms with Gasteiger partial charge in [0.2, 0.25) is 15.9 Å². The normalized spacial score (nSPS) is 11.2. The van der Waals surface area contributed by atoms with E-state index in [4.69, 9.17) is 5.14 Å². The second kappa shape index (κ2) is 5.79. The molecule has 0 saturated carbocycles. The molecule has 0 aromatic heterocycles. The van der Waals surface area contributed by atoms with Gasteiger partial charge >= 0.3 is 0 Å². The van der Waals surface area contributed by atoms with E-state index in [9.17, 15) is 13.2 Å². The number of nitrogens with two attached hydrogens (primary N) is 1. The van der Waals surface area contributed by atoms with Crippen LogP contribution in [0, 0.1) is 0 Å². The number of hydrogen-bond donors (Lipinski definition) is 2. The molecular weight excluding hydrogens is 240 g/mol. The molecular formula is C11H16N2O3S. The van der Waals surface area contributed by atoms with E-state index in [1.54, 1.807) is 6.07 Å². The van der Waals surface area contributed by atoms with Gasteiger partial charge in [-0.15, -0.1) is 0 Å². The van der Waals surface area contributed by atoms with Gasteiger partial charge in [0.15, 0.2) is 0 Å². The van der Waals surface area contributed by atoms with Gasteiger partial charge in [-0.3, -0.25) is 4.79 Å². The average Bonchev–Trinajstić information content (AvgIpc) is 2.25. The smallest absolute Gasteiger partial charge is 0.238 e. The highest BCUT2D eigenvalue weighted by Crippen LogP contribution is 2.14. The van der Waals surface area contributed by atoms with Crippen LogP contribution in [0.2, 0.25) is 0 Å². The quantitative estimate of drug-likeness (QED) is 0.835. The molecule has 0 saturated heterocycles. The molecule has 3 N–H and O–H groups in total. The molecule has 94 valence electrons. The van der Waals surface area contributed by atoms with Crippen molar-refractivity contribution in [2.75, 3.05) is 5.32 Å².